The molecule has 160 valence electrons. The molecule has 0 aliphatic carbocycles. The highest BCUT2D eigenvalue weighted by Gasteiger charge is 2.06. The molecule has 7 heteroatoms. The number of hydrogen-bond donors (Lipinski definition) is 3. The maximum atomic E-state index is 12.2. The first-order chi connectivity index (χ1) is 15.1. The molecule has 3 aromatic carbocycles. The Morgan fingerprint density at radius 2 is 1.45 bits per heavy atom. The quantitative estimate of drug-likeness (QED) is 0.438. The molecule has 0 aliphatic rings. The Morgan fingerprint density at radius 3 is 2.13 bits per heavy atom. The number of amides is 2. The van der Waals surface area contributed by atoms with Crippen molar-refractivity contribution in [2.24, 2.45) is 0 Å². The van der Waals surface area contributed by atoms with Crippen molar-refractivity contribution in [2.45, 2.75) is 0 Å². The molecule has 3 N–H and O–H groups in total. The van der Waals surface area contributed by atoms with E-state index < -0.39 is 0 Å². The van der Waals surface area contributed by atoms with Gasteiger partial charge in [-0.2, -0.15) is 0 Å². The molecule has 0 saturated heterocycles. The Hall–Kier alpha value is -4.00. The summed E-state index contributed by atoms with van der Waals surface area (Å²) < 4.78 is 11.3. The molecule has 0 atom stereocenters. The van der Waals surface area contributed by atoms with Crippen molar-refractivity contribution < 1.29 is 19.1 Å². The van der Waals surface area contributed by atoms with Crippen LogP contribution in [0.2, 0.25) is 0 Å². The maximum Gasteiger partial charge on any atom is 0.251 e. The van der Waals surface area contributed by atoms with Gasteiger partial charge in [-0.1, -0.05) is 24.3 Å². The topological polar surface area (TPSA) is 88.7 Å². The van der Waals surface area contributed by atoms with Gasteiger partial charge in [0, 0.05) is 24.0 Å². The molecule has 3 aromatic rings. The lowest BCUT2D eigenvalue weighted by molar-refractivity contribution is -0.114. The highest BCUT2D eigenvalue weighted by atomic mass is 16.5. The van der Waals surface area contributed by atoms with Gasteiger partial charge in [-0.05, 0) is 54.6 Å². The summed E-state index contributed by atoms with van der Waals surface area (Å²) in [5.74, 6) is 1.11. The number of nitrogens with one attached hydrogen (secondary N) is 3. The number of ether oxygens (including phenoxy) is 2. The lowest BCUT2D eigenvalue weighted by Crippen LogP contribution is -2.22. The lowest BCUT2D eigenvalue weighted by Gasteiger charge is -2.11. The van der Waals surface area contributed by atoms with Crippen LogP contribution in [0.1, 0.15) is 10.4 Å². The van der Waals surface area contributed by atoms with Crippen molar-refractivity contribution in [1.29, 1.82) is 0 Å². The molecule has 0 saturated carbocycles. The number of anilines is 2. The first-order valence-electron chi connectivity index (χ1n) is 9.90. The van der Waals surface area contributed by atoms with E-state index in [0.717, 1.165) is 17.2 Å². The smallest absolute Gasteiger partial charge is 0.251 e. The van der Waals surface area contributed by atoms with Crippen molar-refractivity contribution in [2.75, 3.05) is 37.4 Å². The lowest BCUT2D eigenvalue weighted by atomic mass is 10.2. The van der Waals surface area contributed by atoms with Gasteiger partial charge in [0.2, 0.25) is 5.91 Å². The van der Waals surface area contributed by atoms with Crippen LogP contribution < -0.4 is 25.4 Å². The molecule has 3 rings (SSSR count). The van der Waals surface area contributed by atoms with Crippen LogP contribution in [0.25, 0.3) is 0 Å². The van der Waals surface area contributed by atoms with Crippen LogP contribution >= 0.6 is 0 Å². The number of carbonyl (C=O) groups excluding carboxylic acids is 2. The zero-order valence-corrected chi connectivity index (χ0v) is 17.3. The van der Waals surface area contributed by atoms with E-state index in [1.165, 1.54) is 0 Å². The van der Waals surface area contributed by atoms with Gasteiger partial charge >= 0.3 is 0 Å². The van der Waals surface area contributed by atoms with E-state index in [2.05, 4.69) is 16.0 Å². The van der Waals surface area contributed by atoms with Crippen LogP contribution in [0.3, 0.4) is 0 Å². The third-order valence-corrected chi connectivity index (χ3v) is 4.31. The third-order valence-electron chi connectivity index (χ3n) is 4.31. The molecule has 0 unspecified atom stereocenters. The van der Waals surface area contributed by atoms with Gasteiger partial charge < -0.3 is 25.4 Å². The van der Waals surface area contributed by atoms with Crippen LogP contribution in [-0.2, 0) is 4.79 Å². The SMILES string of the molecule is CNC(=O)c1cccc(NC(=O)CNc2ccc(OCCOc3ccccc3)cc2)c1. The van der Waals surface area contributed by atoms with Gasteiger partial charge in [0.1, 0.15) is 24.7 Å². The largest absolute Gasteiger partial charge is 0.490 e. The molecule has 0 aliphatic heterocycles. The number of hydrogen-bond acceptors (Lipinski definition) is 5. The summed E-state index contributed by atoms with van der Waals surface area (Å²) >= 11 is 0. The Kier molecular flexibility index (Phi) is 7.88. The Balaban J connectivity index is 1.39. The second-order valence-electron chi connectivity index (χ2n) is 6.60. The molecule has 31 heavy (non-hydrogen) atoms. The zero-order valence-electron chi connectivity index (χ0n) is 17.3. The predicted octanol–water partition coefficient (Wildman–Crippen LogP) is 3.55. The van der Waals surface area contributed by atoms with Crippen molar-refractivity contribution in [3.05, 3.63) is 84.4 Å². The van der Waals surface area contributed by atoms with Gasteiger partial charge in [0.25, 0.3) is 5.91 Å². The van der Waals surface area contributed by atoms with E-state index in [-0.39, 0.29) is 18.4 Å². The number of para-hydroxylation sites is 1. The summed E-state index contributed by atoms with van der Waals surface area (Å²) in [6.45, 7) is 0.972. The highest BCUT2D eigenvalue weighted by molar-refractivity contribution is 5.98. The molecule has 0 spiro atoms. The first-order valence-corrected chi connectivity index (χ1v) is 9.90. The van der Waals surface area contributed by atoms with E-state index in [1.807, 2.05) is 54.6 Å². The summed E-state index contributed by atoms with van der Waals surface area (Å²) in [5.41, 5.74) is 1.84. The van der Waals surface area contributed by atoms with Crippen LogP contribution in [0.4, 0.5) is 11.4 Å². The van der Waals surface area contributed by atoms with Crippen molar-refractivity contribution in [3.63, 3.8) is 0 Å². The van der Waals surface area contributed by atoms with Crippen LogP contribution in [0, 0.1) is 0 Å². The number of benzene rings is 3. The molecule has 2 amide bonds. The average Bonchev–Trinajstić information content (AvgIpc) is 2.81. The first kappa shape index (κ1) is 21.7. The second-order valence-corrected chi connectivity index (χ2v) is 6.60. The fourth-order valence-electron chi connectivity index (χ4n) is 2.77. The van der Waals surface area contributed by atoms with Gasteiger partial charge in [-0.25, -0.2) is 0 Å². The van der Waals surface area contributed by atoms with Gasteiger partial charge in [0.05, 0.1) is 6.54 Å². The molecule has 0 heterocycles. The molecular weight excluding hydrogens is 394 g/mol. The minimum absolute atomic E-state index is 0.0926. The summed E-state index contributed by atoms with van der Waals surface area (Å²) in [4.78, 5) is 23.9. The fraction of sp³-hybridized carbons (Fsp3) is 0.167. The molecular formula is C24H25N3O4. The zero-order chi connectivity index (χ0) is 21.9. The molecule has 0 radical (unpaired) electrons. The van der Waals surface area contributed by atoms with E-state index in [0.29, 0.717) is 24.5 Å². The fourth-order valence-corrected chi connectivity index (χ4v) is 2.77. The minimum atomic E-state index is -0.215. The Labute approximate surface area is 181 Å². The molecule has 0 aromatic heterocycles. The van der Waals surface area contributed by atoms with Gasteiger partial charge in [0.15, 0.2) is 0 Å². The third kappa shape index (κ3) is 7.08. The van der Waals surface area contributed by atoms with Crippen LogP contribution in [0.5, 0.6) is 11.5 Å². The molecule has 7 nitrogen and oxygen atoms in total. The van der Waals surface area contributed by atoms with E-state index in [1.54, 1.807) is 31.3 Å². The Morgan fingerprint density at radius 1 is 0.774 bits per heavy atom. The monoisotopic (exact) mass is 419 g/mol. The van der Waals surface area contributed by atoms with E-state index in [9.17, 15) is 9.59 Å². The van der Waals surface area contributed by atoms with Crippen LogP contribution in [0.15, 0.2) is 78.9 Å². The minimum Gasteiger partial charge on any atom is -0.490 e. The Bertz CT molecular complexity index is 991. The van der Waals surface area contributed by atoms with E-state index >= 15 is 0 Å². The highest BCUT2D eigenvalue weighted by Crippen LogP contribution is 2.16. The molecule has 0 bridgehead atoms. The summed E-state index contributed by atoms with van der Waals surface area (Å²) in [5, 5.41) is 8.38. The van der Waals surface area contributed by atoms with Crippen molar-refractivity contribution in [1.82, 2.24) is 5.32 Å². The second kappa shape index (κ2) is 11.3. The maximum absolute atomic E-state index is 12.2. The number of carbonyl (C=O) groups is 2. The normalized spacial score (nSPS) is 10.1. The number of rotatable bonds is 10. The molecule has 0 fully saturated rings. The van der Waals surface area contributed by atoms with Crippen molar-refractivity contribution >= 4 is 23.2 Å². The summed E-state index contributed by atoms with van der Waals surface area (Å²) in [6.07, 6.45) is 0. The van der Waals surface area contributed by atoms with Crippen molar-refractivity contribution in [3.8, 4) is 11.5 Å². The average molecular weight is 419 g/mol. The standard InChI is InChI=1S/C24H25N3O4/c1-25-24(29)18-6-5-7-20(16-18)27-23(28)17-26-19-10-12-22(13-11-19)31-15-14-30-21-8-3-2-4-9-21/h2-13,16,26H,14-15,17H2,1H3,(H,25,29)(H,27,28). The van der Waals surface area contributed by atoms with Gasteiger partial charge in [-0.3, -0.25) is 9.59 Å². The van der Waals surface area contributed by atoms with E-state index in [4.69, 9.17) is 9.47 Å². The van der Waals surface area contributed by atoms with Crippen LogP contribution in [-0.4, -0.2) is 38.6 Å². The summed E-state index contributed by atoms with van der Waals surface area (Å²) in [6, 6.07) is 23.7. The predicted molar refractivity (Wildman–Crippen MR) is 121 cm³/mol. The summed E-state index contributed by atoms with van der Waals surface area (Å²) in [7, 11) is 1.56. The van der Waals surface area contributed by atoms with Gasteiger partial charge in [-0.15, -0.1) is 0 Å².